The maximum absolute atomic E-state index is 12.4. The molecule has 2 saturated carbocycles. The van der Waals surface area contributed by atoms with E-state index in [0.29, 0.717) is 47.1 Å². The molecule has 2 N–H and O–H groups in total. The van der Waals surface area contributed by atoms with Crippen LogP contribution in [0, 0.1) is 11.8 Å². The molecule has 2 fully saturated rings. The lowest BCUT2D eigenvalue weighted by molar-refractivity contribution is -0.132. The summed E-state index contributed by atoms with van der Waals surface area (Å²) in [5, 5.41) is 12.1. The molecule has 1 amide bonds. The second kappa shape index (κ2) is 7.43. The van der Waals surface area contributed by atoms with E-state index in [-0.39, 0.29) is 11.9 Å². The smallest absolute Gasteiger partial charge is 0.331 e. The molecule has 27 heavy (non-hydrogen) atoms. The molecule has 142 valence electrons. The highest BCUT2D eigenvalue weighted by Gasteiger charge is 2.40. The van der Waals surface area contributed by atoms with Gasteiger partial charge in [0.05, 0.1) is 4.86 Å². The van der Waals surface area contributed by atoms with Crippen LogP contribution in [0.5, 0.6) is 0 Å². The van der Waals surface area contributed by atoms with Gasteiger partial charge in [-0.1, -0.05) is 30.8 Å². The standard InChI is InChI=1S/C21H23NO4S/c23-20(22-17-10-12-1-2-15(17)9-12)19(27)11-16-7-8-18(26-16)13-3-5-14(6-4-13)21(24)25/h3,5,7-8,12,15,17H,1-2,4,6,9-11H2,(H,22,23)(H,24,25). The summed E-state index contributed by atoms with van der Waals surface area (Å²) in [6.07, 6.45) is 9.68. The van der Waals surface area contributed by atoms with Crippen molar-refractivity contribution in [1.29, 1.82) is 0 Å². The van der Waals surface area contributed by atoms with Gasteiger partial charge in [-0.3, -0.25) is 4.79 Å². The molecule has 2 bridgehead atoms. The molecule has 0 aliphatic heterocycles. The minimum Gasteiger partial charge on any atom is -0.478 e. The third-order valence-corrected chi connectivity index (χ3v) is 6.37. The van der Waals surface area contributed by atoms with E-state index < -0.39 is 5.97 Å². The van der Waals surface area contributed by atoms with Crippen LogP contribution in [0.25, 0.3) is 5.57 Å². The predicted molar refractivity (Wildman–Crippen MR) is 105 cm³/mol. The van der Waals surface area contributed by atoms with E-state index in [2.05, 4.69) is 5.32 Å². The van der Waals surface area contributed by atoms with Crippen molar-refractivity contribution in [2.24, 2.45) is 11.8 Å². The summed E-state index contributed by atoms with van der Waals surface area (Å²) < 4.78 is 5.85. The van der Waals surface area contributed by atoms with E-state index in [1.165, 1.54) is 19.3 Å². The number of carboxylic acids is 1. The topological polar surface area (TPSA) is 79.5 Å². The molecule has 0 radical (unpaired) electrons. The van der Waals surface area contributed by atoms with Gasteiger partial charge in [-0.15, -0.1) is 0 Å². The van der Waals surface area contributed by atoms with Crippen LogP contribution in [0.3, 0.4) is 0 Å². The number of rotatable bonds is 6. The lowest BCUT2D eigenvalue weighted by Gasteiger charge is -2.22. The second-order valence-electron chi connectivity index (χ2n) is 7.81. The molecule has 1 heterocycles. The summed E-state index contributed by atoms with van der Waals surface area (Å²) in [6.45, 7) is 0. The van der Waals surface area contributed by atoms with Crippen LogP contribution >= 0.6 is 12.2 Å². The lowest BCUT2D eigenvalue weighted by Crippen LogP contribution is -2.42. The summed E-state index contributed by atoms with van der Waals surface area (Å²) >= 11 is 5.33. The Bertz CT molecular complexity index is 850. The number of carboxylic acid groups (broad SMARTS) is 1. The molecule has 3 atom stereocenters. The average molecular weight is 385 g/mol. The van der Waals surface area contributed by atoms with E-state index in [9.17, 15) is 9.59 Å². The van der Waals surface area contributed by atoms with Gasteiger partial charge in [-0.2, -0.15) is 0 Å². The maximum atomic E-state index is 12.4. The van der Waals surface area contributed by atoms with Crippen molar-refractivity contribution < 1.29 is 19.1 Å². The predicted octanol–water partition coefficient (Wildman–Crippen LogP) is 3.69. The van der Waals surface area contributed by atoms with Gasteiger partial charge in [0.1, 0.15) is 11.5 Å². The second-order valence-corrected chi connectivity index (χ2v) is 8.30. The fourth-order valence-electron chi connectivity index (χ4n) is 4.58. The quantitative estimate of drug-likeness (QED) is 0.730. The first-order valence-electron chi connectivity index (χ1n) is 9.55. The maximum Gasteiger partial charge on any atom is 0.331 e. The molecule has 1 aromatic heterocycles. The first-order valence-corrected chi connectivity index (χ1v) is 9.96. The number of hydrogen-bond acceptors (Lipinski definition) is 4. The van der Waals surface area contributed by atoms with Gasteiger partial charge >= 0.3 is 5.97 Å². The number of nitrogens with one attached hydrogen (secondary N) is 1. The Morgan fingerprint density at radius 2 is 2.04 bits per heavy atom. The molecule has 0 saturated heterocycles. The molecule has 5 nitrogen and oxygen atoms in total. The normalized spacial score (nSPS) is 26.4. The number of carbonyl (C=O) groups is 2. The van der Waals surface area contributed by atoms with Gasteiger partial charge < -0.3 is 14.8 Å². The minimum absolute atomic E-state index is 0.147. The van der Waals surface area contributed by atoms with Crippen LogP contribution < -0.4 is 5.32 Å². The highest BCUT2D eigenvalue weighted by Crippen LogP contribution is 2.44. The zero-order valence-electron chi connectivity index (χ0n) is 15.1. The molecule has 3 aliphatic rings. The summed E-state index contributed by atoms with van der Waals surface area (Å²) in [7, 11) is 0. The van der Waals surface area contributed by atoms with Crippen molar-refractivity contribution in [3.05, 3.63) is 41.4 Å². The molecular weight excluding hydrogens is 362 g/mol. The third kappa shape index (κ3) is 3.90. The molecule has 3 unspecified atom stereocenters. The Labute approximate surface area is 163 Å². The van der Waals surface area contributed by atoms with Crippen molar-refractivity contribution in [1.82, 2.24) is 5.32 Å². The Morgan fingerprint density at radius 1 is 1.19 bits per heavy atom. The van der Waals surface area contributed by atoms with Crippen LogP contribution in [0.4, 0.5) is 0 Å². The number of carbonyl (C=O) groups excluding carboxylic acids is 1. The Morgan fingerprint density at radius 3 is 2.67 bits per heavy atom. The van der Waals surface area contributed by atoms with Gasteiger partial charge in [-0.05, 0) is 61.6 Å². The Kier molecular flexibility index (Phi) is 5.00. The molecule has 1 aromatic rings. The zero-order chi connectivity index (χ0) is 19.0. The van der Waals surface area contributed by atoms with Gasteiger partial charge in [-0.25, -0.2) is 4.79 Å². The molecule has 4 rings (SSSR count). The van der Waals surface area contributed by atoms with Crippen molar-refractivity contribution in [2.45, 2.75) is 51.0 Å². The van der Waals surface area contributed by atoms with Gasteiger partial charge in [0, 0.05) is 18.0 Å². The third-order valence-electron chi connectivity index (χ3n) is 6.04. The fraction of sp³-hybridized carbons (Fsp3) is 0.476. The molecular formula is C21H23NO4S. The number of aliphatic carboxylic acids is 1. The SMILES string of the molecule is O=C(O)C1=CC=C(c2ccc(CC(=S)C(=O)NC3CC4CCC3C4)o2)CC1. The van der Waals surface area contributed by atoms with Gasteiger partial charge in [0.2, 0.25) is 0 Å². The summed E-state index contributed by atoms with van der Waals surface area (Å²) in [4.78, 5) is 23.7. The highest BCUT2D eigenvalue weighted by molar-refractivity contribution is 7.82. The molecule has 3 aliphatic carbocycles. The van der Waals surface area contributed by atoms with E-state index >= 15 is 0 Å². The van der Waals surface area contributed by atoms with Crippen molar-refractivity contribution >= 4 is 34.5 Å². The Hall–Kier alpha value is -2.21. The van der Waals surface area contributed by atoms with Crippen molar-refractivity contribution in [3.63, 3.8) is 0 Å². The van der Waals surface area contributed by atoms with E-state index in [0.717, 1.165) is 17.9 Å². The largest absolute Gasteiger partial charge is 0.478 e. The van der Waals surface area contributed by atoms with E-state index in [1.54, 1.807) is 12.2 Å². The van der Waals surface area contributed by atoms with E-state index in [4.69, 9.17) is 21.7 Å². The van der Waals surface area contributed by atoms with Crippen LogP contribution in [-0.2, 0) is 16.0 Å². The van der Waals surface area contributed by atoms with Crippen molar-refractivity contribution in [2.75, 3.05) is 0 Å². The minimum atomic E-state index is -0.878. The van der Waals surface area contributed by atoms with Crippen molar-refractivity contribution in [3.8, 4) is 0 Å². The number of hydrogen-bond donors (Lipinski definition) is 2. The first-order chi connectivity index (χ1) is 13.0. The highest BCUT2D eigenvalue weighted by atomic mass is 32.1. The number of amides is 1. The van der Waals surface area contributed by atoms with Crippen LogP contribution in [0.2, 0.25) is 0 Å². The van der Waals surface area contributed by atoms with Gasteiger partial charge in [0.15, 0.2) is 0 Å². The summed E-state index contributed by atoms with van der Waals surface area (Å²) in [6, 6.07) is 3.98. The lowest BCUT2D eigenvalue weighted by atomic mass is 9.95. The van der Waals surface area contributed by atoms with Crippen LogP contribution in [-0.4, -0.2) is 27.9 Å². The fourth-order valence-corrected chi connectivity index (χ4v) is 4.78. The number of allylic oxidation sites excluding steroid dienone is 3. The van der Waals surface area contributed by atoms with Crippen LogP contribution in [0.15, 0.2) is 34.3 Å². The first kappa shape index (κ1) is 18.2. The molecule has 0 spiro atoms. The van der Waals surface area contributed by atoms with E-state index in [1.807, 2.05) is 12.1 Å². The summed E-state index contributed by atoms with van der Waals surface area (Å²) in [5.41, 5.74) is 1.37. The number of fused-ring (bicyclic) bond motifs is 2. The monoisotopic (exact) mass is 385 g/mol. The Balaban J connectivity index is 1.34. The molecule has 6 heteroatoms. The summed E-state index contributed by atoms with van der Waals surface area (Å²) in [5.74, 6) is 1.75. The molecule has 0 aromatic carbocycles. The number of furan rings is 1. The average Bonchev–Trinajstić information content (AvgIpc) is 3.38. The number of thiocarbonyl (C=S) groups is 1. The van der Waals surface area contributed by atoms with Crippen LogP contribution in [0.1, 0.15) is 50.0 Å². The van der Waals surface area contributed by atoms with Gasteiger partial charge in [0.25, 0.3) is 5.91 Å². The zero-order valence-corrected chi connectivity index (χ0v) is 15.9.